The largest absolute Gasteiger partial charge is 0.356 e. The second kappa shape index (κ2) is 11.3. The number of nitrogens with zero attached hydrogens (tertiary/aromatic N) is 3. The van der Waals surface area contributed by atoms with E-state index in [-0.39, 0.29) is 16.6 Å². The van der Waals surface area contributed by atoms with Gasteiger partial charge in [-0.1, -0.05) is 35.9 Å². The predicted molar refractivity (Wildman–Crippen MR) is 150 cm³/mol. The summed E-state index contributed by atoms with van der Waals surface area (Å²) in [5.41, 5.74) is 3.45. The van der Waals surface area contributed by atoms with Gasteiger partial charge >= 0.3 is 0 Å². The van der Waals surface area contributed by atoms with Crippen molar-refractivity contribution < 1.29 is 13.2 Å². The number of piperidine rings is 1. The van der Waals surface area contributed by atoms with Gasteiger partial charge in [0.2, 0.25) is 11.9 Å². The number of nitrogens with one attached hydrogen (secondary N) is 2. The van der Waals surface area contributed by atoms with E-state index in [2.05, 4.69) is 27.7 Å². The third-order valence-corrected chi connectivity index (χ3v) is 9.27. The minimum atomic E-state index is -3.49. The molecule has 1 aromatic heterocycles. The highest BCUT2D eigenvalue weighted by Gasteiger charge is 2.32. The van der Waals surface area contributed by atoms with Gasteiger partial charge in [-0.2, -0.15) is 4.98 Å². The Labute approximate surface area is 228 Å². The molecule has 0 spiro atoms. The van der Waals surface area contributed by atoms with Crippen LogP contribution in [0, 0.1) is 0 Å². The van der Waals surface area contributed by atoms with Crippen LogP contribution in [0.3, 0.4) is 0 Å². The summed E-state index contributed by atoms with van der Waals surface area (Å²) >= 11 is 6.05. The summed E-state index contributed by atoms with van der Waals surface area (Å²) < 4.78 is 26.1. The smallest absolute Gasteiger partial charge is 0.227 e. The molecule has 2 N–H and O–H groups in total. The van der Waals surface area contributed by atoms with E-state index < -0.39 is 9.84 Å². The molecule has 38 heavy (non-hydrogen) atoms. The molecule has 2 aliphatic rings. The van der Waals surface area contributed by atoms with Crippen molar-refractivity contribution in [1.82, 2.24) is 15.3 Å². The number of carbonyl (C=O) groups excluding carboxylic acids is 1. The van der Waals surface area contributed by atoms with Crippen LogP contribution in [0.5, 0.6) is 0 Å². The molecule has 0 bridgehead atoms. The molecule has 3 aromatic rings. The molecular formula is C28H32ClN5O3S. The van der Waals surface area contributed by atoms with Gasteiger partial charge in [-0.05, 0) is 73.9 Å². The van der Waals surface area contributed by atoms with Gasteiger partial charge in [0.1, 0.15) is 4.90 Å². The maximum atomic E-state index is 13.0. The Bertz CT molecular complexity index is 1400. The fourth-order valence-corrected chi connectivity index (χ4v) is 6.93. The van der Waals surface area contributed by atoms with Crippen molar-refractivity contribution in [3.63, 3.8) is 0 Å². The van der Waals surface area contributed by atoms with Crippen LogP contribution in [0.25, 0.3) is 0 Å². The number of halogens is 1. The maximum absolute atomic E-state index is 13.0. The molecule has 8 nitrogen and oxygen atoms in total. The Kier molecular flexibility index (Phi) is 7.85. The van der Waals surface area contributed by atoms with Crippen LogP contribution in [0.15, 0.2) is 53.4 Å². The van der Waals surface area contributed by atoms with Gasteiger partial charge in [-0.15, -0.1) is 0 Å². The van der Waals surface area contributed by atoms with Crippen molar-refractivity contribution in [2.75, 3.05) is 35.6 Å². The van der Waals surface area contributed by atoms with Gasteiger partial charge in [0.15, 0.2) is 15.7 Å². The van der Waals surface area contributed by atoms with Gasteiger partial charge in [-0.3, -0.25) is 4.79 Å². The van der Waals surface area contributed by atoms with Crippen molar-refractivity contribution in [2.24, 2.45) is 0 Å². The summed E-state index contributed by atoms with van der Waals surface area (Å²) in [5.74, 6) is 1.38. The number of likely N-dealkylation sites (N-methyl/N-ethyl adjacent to an activating group) is 1. The van der Waals surface area contributed by atoms with Crippen LogP contribution < -0.4 is 15.5 Å². The maximum Gasteiger partial charge on any atom is 0.227 e. The minimum Gasteiger partial charge on any atom is -0.356 e. The monoisotopic (exact) mass is 553 g/mol. The topological polar surface area (TPSA) is 104 Å². The molecule has 0 aliphatic carbocycles. The number of rotatable bonds is 7. The van der Waals surface area contributed by atoms with Crippen LogP contribution >= 0.6 is 11.6 Å². The van der Waals surface area contributed by atoms with Crippen LogP contribution in [-0.4, -0.2) is 49.7 Å². The number of amides is 1. The number of sulfone groups is 1. The standard InChI is InChI=1S/C28H32ClN5O3S/c1-2-30-25(35)18-19-5-11-23(12-6-19)31-27-26-24(4-3-17-38(26,36)37)32-28(33-27)34-15-13-21(14-16-34)20-7-9-22(29)10-8-20/h5-12,21H,2-4,13-18H2,1H3,(H,30,35)(H,31,32,33). The molecule has 3 heterocycles. The van der Waals surface area contributed by atoms with Crippen molar-refractivity contribution in [3.8, 4) is 0 Å². The lowest BCUT2D eigenvalue weighted by molar-refractivity contribution is -0.120. The second-order valence-corrected chi connectivity index (χ2v) is 12.3. The fraction of sp³-hybridized carbons (Fsp3) is 0.393. The molecule has 0 atom stereocenters. The first kappa shape index (κ1) is 26.4. The summed E-state index contributed by atoms with van der Waals surface area (Å²) in [6.07, 6.45) is 3.36. The lowest BCUT2D eigenvalue weighted by atomic mass is 9.89. The first-order valence-electron chi connectivity index (χ1n) is 13.1. The van der Waals surface area contributed by atoms with E-state index in [1.54, 1.807) is 0 Å². The molecule has 200 valence electrons. The molecule has 1 amide bonds. The highest BCUT2D eigenvalue weighted by Crippen LogP contribution is 2.35. The van der Waals surface area contributed by atoms with E-state index in [4.69, 9.17) is 21.6 Å². The molecule has 0 radical (unpaired) electrons. The van der Waals surface area contributed by atoms with E-state index in [0.29, 0.717) is 54.9 Å². The van der Waals surface area contributed by atoms with Crippen molar-refractivity contribution >= 4 is 44.8 Å². The predicted octanol–water partition coefficient (Wildman–Crippen LogP) is 4.66. The number of aryl methyl sites for hydroxylation is 1. The highest BCUT2D eigenvalue weighted by molar-refractivity contribution is 7.91. The molecule has 5 rings (SSSR count). The zero-order valence-electron chi connectivity index (χ0n) is 21.4. The second-order valence-electron chi connectivity index (χ2n) is 9.84. The SMILES string of the molecule is CCNC(=O)Cc1ccc(Nc2nc(N3CCC(c4ccc(Cl)cc4)CC3)nc3c2S(=O)(=O)CCC3)cc1. The number of aromatic nitrogens is 2. The average Bonchev–Trinajstić information content (AvgIpc) is 2.90. The lowest BCUT2D eigenvalue weighted by Gasteiger charge is -2.33. The summed E-state index contributed by atoms with van der Waals surface area (Å²) in [6, 6.07) is 15.5. The molecule has 2 aromatic carbocycles. The molecular weight excluding hydrogens is 522 g/mol. The summed E-state index contributed by atoms with van der Waals surface area (Å²) in [4.78, 5) is 23.7. The highest BCUT2D eigenvalue weighted by atomic mass is 35.5. The van der Waals surface area contributed by atoms with Crippen LogP contribution in [0.4, 0.5) is 17.5 Å². The Balaban J connectivity index is 1.38. The number of anilines is 3. The normalized spacial score (nSPS) is 17.1. The fourth-order valence-electron chi connectivity index (χ4n) is 5.17. The van der Waals surface area contributed by atoms with E-state index in [1.807, 2.05) is 43.3 Å². The number of carbonyl (C=O) groups is 1. The van der Waals surface area contributed by atoms with Gasteiger partial charge in [-0.25, -0.2) is 13.4 Å². The van der Waals surface area contributed by atoms with Crippen molar-refractivity contribution in [3.05, 3.63) is 70.4 Å². The molecule has 0 unspecified atom stereocenters. The Hall–Kier alpha value is -3.17. The number of hydrogen-bond donors (Lipinski definition) is 2. The van der Waals surface area contributed by atoms with E-state index in [0.717, 1.165) is 36.5 Å². The van der Waals surface area contributed by atoms with E-state index in [9.17, 15) is 13.2 Å². The van der Waals surface area contributed by atoms with Gasteiger partial charge in [0.25, 0.3) is 0 Å². The lowest BCUT2D eigenvalue weighted by Crippen LogP contribution is -2.35. The van der Waals surface area contributed by atoms with E-state index in [1.165, 1.54) is 5.56 Å². The number of fused-ring (bicyclic) bond motifs is 1. The Morgan fingerprint density at radius 2 is 1.76 bits per heavy atom. The number of benzene rings is 2. The van der Waals surface area contributed by atoms with Crippen molar-refractivity contribution in [1.29, 1.82) is 0 Å². The van der Waals surface area contributed by atoms with Crippen LogP contribution in [0.2, 0.25) is 5.02 Å². The van der Waals surface area contributed by atoms with Crippen LogP contribution in [0.1, 0.15) is 48.9 Å². The Morgan fingerprint density at radius 1 is 1.05 bits per heavy atom. The van der Waals surface area contributed by atoms with Gasteiger partial charge < -0.3 is 15.5 Å². The van der Waals surface area contributed by atoms with E-state index >= 15 is 0 Å². The first-order chi connectivity index (χ1) is 18.3. The first-order valence-corrected chi connectivity index (χ1v) is 15.1. The molecule has 10 heteroatoms. The Morgan fingerprint density at radius 3 is 2.45 bits per heavy atom. The minimum absolute atomic E-state index is 0.0337. The average molecular weight is 554 g/mol. The molecule has 1 saturated heterocycles. The molecule has 0 saturated carbocycles. The third kappa shape index (κ3) is 5.94. The summed E-state index contributed by atoms with van der Waals surface area (Å²) in [7, 11) is -3.49. The third-order valence-electron chi connectivity index (χ3n) is 7.14. The molecule has 1 fully saturated rings. The quantitative estimate of drug-likeness (QED) is 0.438. The van der Waals surface area contributed by atoms with Crippen molar-refractivity contribution in [2.45, 2.75) is 49.8 Å². The number of hydrogen-bond acceptors (Lipinski definition) is 7. The summed E-state index contributed by atoms with van der Waals surface area (Å²) in [5, 5.41) is 6.77. The van der Waals surface area contributed by atoms with Gasteiger partial charge in [0.05, 0.1) is 17.9 Å². The van der Waals surface area contributed by atoms with Crippen LogP contribution in [-0.2, 0) is 27.5 Å². The summed E-state index contributed by atoms with van der Waals surface area (Å²) in [6.45, 7) is 4.05. The zero-order valence-corrected chi connectivity index (χ0v) is 23.0. The molecule has 2 aliphatic heterocycles. The zero-order chi connectivity index (χ0) is 26.7. The van der Waals surface area contributed by atoms with Gasteiger partial charge in [0, 0.05) is 30.3 Å².